The Morgan fingerprint density at radius 2 is 1.65 bits per heavy atom. The lowest BCUT2D eigenvalue weighted by molar-refractivity contribution is 0.0673. The zero-order chi connectivity index (χ0) is 21.9. The van der Waals surface area contributed by atoms with Crippen molar-refractivity contribution in [2.45, 2.75) is 45.6 Å². The molecular formula is C24H32ClF2NO3. The first-order valence-corrected chi connectivity index (χ1v) is 10.5. The van der Waals surface area contributed by atoms with Gasteiger partial charge in [-0.25, -0.2) is 8.78 Å². The summed E-state index contributed by atoms with van der Waals surface area (Å²) in [6.45, 7) is 6.48. The van der Waals surface area contributed by atoms with Gasteiger partial charge in [-0.05, 0) is 68.2 Å². The molecule has 172 valence electrons. The van der Waals surface area contributed by atoms with E-state index < -0.39 is 11.9 Å². The van der Waals surface area contributed by atoms with E-state index in [-0.39, 0.29) is 48.3 Å². The predicted octanol–water partition coefficient (Wildman–Crippen LogP) is 5.06. The predicted molar refractivity (Wildman–Crippen MR) is 121 cm³/mol. The molecule has 0 fully saturated rings. The highest BCUT2D eigenvalue weighted by Gasteiger charge is 2.17. The first-order chi connectivity index (χ1) is 14.4. The summed E-state index contributed by atoms with van der Waals surface area (Å²) in [7, 11) is 0. The number of rotatable bonds is 13. The Morgan fingerprint density at radius 1 is 1.03 bits per heavy atom. The molecule has 2 aromatic carbocycles. The summed E-state index contributed by atoms with van der Waals surface area (Å²) in [6.07, 6.45) is 1.85. The van der Waals surface area contributed by atoms with Crippen molar-refractivity contribution in [1.82, 2.24) is 4.90 Å². The number of ether oxygens (including phenoxy) is 1. The van der Waals surface area contributed by atoms with E-state index in [9.17, 15) is 18.7 Å². The number of hydrogen-bond acceptors (Lipinski definition) is 4. The summed E-state index contributed by atoms with van der Waals surface area (Å²) >= 11 is 0. The Hall–Kier alpha value is -2.02. The van der Waals surface area contributed by atoms with E-state index in [1.54, 1.807) is 12.1 Å². The third-order valence-corrected chi connectivity index (χ3v) is 4.78. The molecule has 2 aromatic rings. The van der Waals surface area contributed by atoms with E-state index in [1.165, 1.54) is 24.3 Å². The van der Waals surface area contributed by atoms with Crippen molar-refractivity contribution in [1.29, 1.82) is 0 Å². The lowest BCUT2D eigenvalue weighted by Crippen LogP contribution is -2.36. The summed E-state index contributed by atoms with van der Waals surface area (Å²) in [5.41, 5.74) is 0.981. The fourth-order valence-corrected chi connectivity index (χ4v) is 3.35. The van der Waals surface area contributed by atoms with Crippen LogP contribution >= 0.6 is 12.4 Å². The van der Waals surface area contributed by atoms with E-state index in [4.69, 9.17) is 4.74 Å². The number of Topliss-reactive ketones (excluding diaryl/α,β-unsaturated/α-hetero) is 1. The van der Waals surface area contributed by atoms with Crippen LogP contribution < -0.4 is 4.74 Å². The molecule has 0 radical (unpaired) electrons. The molecule has 0 amide bonds. The van der Waals surface area contributed by atoms with Gasteiger partial charge in [0, 0.05) is 13.0 Å². The van der Waals surface area contributed by atoms with Gasteiger partial charge >= 0.3 is 0 Å². The average molecular weight is 456 g/mol. The average Bonchev–Trinajstić information content (AvgIpc) is 2.72. The fraction of sp³-hybridized carbons (Fsp3) is 0.458. The number of nitrogens with zero attached hydrogens (tertiary/aromatic N) is 1. The number of halogens is 3. The van der Waals surface area contributed by atoms with Gasteiger partial charge in [0.25, 0.3) is 0 Å². The van der Waals surface area contributed by atoms with Crippen LogP contribution in [-0.4, -0.2) is 48.1 Å². The van der Waals surface area contributed by atoms with Gasteiger partial charge in [-0.1, -0.05) is 26.0 Å². The number of aliphatic hydroxyl groups is 1. The van der Waals surface area contributed by atoms with Crippen LogP contribution in [0.1, 0.15) is 49.0 Å². The maximum absolute atomic E-state index is 13.8. The van der Waals surface area contributed by atoms with E-state index >= 15 is 0 Å². The minimum absolute atomic E-state index is 0. The van der Waals surface area contributed by atoms with Gasteiger partial charge in [0.05, 0.1) is 5.56 Å². The smallest absolute Gasteiger partial charge is 0.167 e. The molecule has 0 aromatic heterocycles. The van der Waals surface area contributed by atoms with Gasteiger partial charge in [0.15, 0.2) is 5.78 Å². The molecule has 1 atom stereocenters. The SMILES string of the molecule is CCCN(CCC)CC(O)COc1ccc(F)cc1C(=O)CCc1ccc(F)cc1.Cl. The molecule has 0 bridgehead atoms. The second-order valence-corrected chi connectivity index (χ2v) is 7.46. The molecule has 0 heterocycles. The maximum atomic E-state index is 13.8. The second kappa shape index (κ2) is 14.1. The fourth-order valence-electron chi connectivity index (χ4n) is 3.35. The van der Waals surface area contributed by atoms with Gasteiger partial charge in [0.1, 0.15) is 30.1 Å². The minimum Gasteiger partial charge on any atom is -0.490 e. The molecule has 7 heteroatoms. The number of ketones is 1. The highest BCUT2D eigenvalue weighted by atomic mass is 35.5. The van der Waals surface area contributed by atoms with Crippen molar-refractivity contribution in [2.75, 3.05) is 26.2 Å². The van der Waals surface area contributed by atoms with E-state index in [0.29, 0.717) is 13.0 Å². The monoisotopic (exact) mass is 455 g/mol. The normalized spacial score (nSPS) is 11.8. The van der Waals surface area contributed by atoms with Crippen LogP contribution in [0.3, 0.4) is 0 Å². The summed E-state index contributed by atoms with van der Waals surface area (Å²) in [5.74, 6) is -0.856. The number of hydrogen-bond donors (Lipinski definition) is 1. The molecule has 0 spiro atoms. The molecule has 2 rings (SSSR count). The van der Waals surface area contributed by atoms with Gasteiger partial charge in [-0.15, -0.1) is 12.4 Å². The molecule has 1 N–H and O–H groups in total. The molecule has 1 unspecified atom stereocenters. The summed E-state index contributed by atoms with van der Waals surface area (Å²) < 4.78 is 32.5. The van der Waals surface area contributed by atoms with Crippen LogP contribution in [0.2, 0.25) is 0 Å². The largest absolute Gasteiger partial charge is 0.490 e. The Morgan fingerprint density at radius 3 is 2.26 bits per heavy atom. The quantitative estimate of drug-likeness (QED) is 0.429. The number of benzene rings is 2. The Kier molecular flexibility index (Phi) is 12.3. The van der Waals surface area contributed by atoms with Crippen molar-refractivity contribution in [3.8, 4) is 5.75 Å². The highest BCUT2D eigenvalue weighted by molar-refractivity contribution is 5.98. The third-order valence-electron chi connectivity index (χ3n) is 4.78. The standard InChI is InChI=1S/C24H31F2NO3.ClH/c1-3-13-27(14-4-2)16-21(28)17-30-24-12-10-20(26)15-22(24)23(29)11-7-18-5-8-19(25)9-6-18;/h5-6,8-10,12,15,21,28H,3-4,7,11,13-14,16-17H2,1-2H3;1H. The van der Waals surface area contributed by atoms with Crippen molar-refractivity contribution < 1.29 is 23.4 Å². The second-order valence-electron chi connectivity index (χ2n) is 7.46. The zero-order valence-corrected chi connectivity index (χ0v) is 19.0. The summed E-state index contributed by atoms with van der Waals surface area (Å²) in [6, 6.07) is 9.76. The van der Waals surface area contributed by atoms with Crippen molar-refractivity contribution in [2.24, 2.45) is 0 Å². The first kappa shape index (κ1) is 27.0. The van der Waals surface area contributed by atoms with Gasteiger partial charge < -0.3 is 14.7 Å². The van der Waals surface area contributed by atoms with Gasteiger partial charge in [-0.2, -0.15) is 0 Å². The molecule has 0 aliphatic carbocycles. The van der Waals surface area contributed by atoms with Crippen LogP contribution in [0.25, 0.3) is 0 Å². The molecule has 0 saturated heterocycles. The number of carbonyl (C=O) groups excluding carboxylic acids is 1. The first-order valence-electron chi connectivity index (χ1n) is 10.5. The molecule has 31 heavy (non-hydrogen) atoms. The minimum atomic E-state index is -0.713. The van der Waals surface area contributed by atoms with Crippen molar-refractivity contribution in [3.05, 3.63) is 65.2 Å². The van der Waals surface area contributed by atoms with Crippen LogP contribution in [0.15, 0.2) is 42.5 Å². The Balaban J connectivity index is 0.00000480. The van der Waals surface area contributed by atoms with E-state index in [0.717, 1.165) is 37.6 Å². The maximum Gasteiger partial charge on any atom is 0.167 e. The number of aryl methyl sites for hydroxylation is 1. The molecule has 0 aliphatic heterocycles. The molecule has 0 saturated carbocycles. The summed E-state index contributed by atoms with van der Waals surface area (Å²) in [4.78, 5) is 14.8. The number of carbonyl (C=O) groups is 1. The van der Waals surface area contributed by atoms with Gasteiger partial charge in [0.2, 0.25) is 0 Å². The third kappa shape index (κ3) is 9.33. The lowest BCUT2D eigenvalue weighted by Gasteiger charge is -2.24. The van der Waals surface area contributed by atoms with Crippen LogP contribution in [0.5, 0.6) is 5.75 Å². The molecule has 0 aliphatic rings. The lowest BCUT2D eigenvalue weighted by atomic mass is 10.0. The van der Waals surface area contributed by atoms with E-state index in [1.807, 2.05) is 0 Å². The topological polar surface area (TPSA) is 49.8 Å². The van der Waals surface area contributed by atoms with Gasteiger partial charge in [-0.3, -0.25) is 4.79 Å². The number of aliphatic hydroxyl groups excluding tert-OH is 1. The van der Waals surface area contributed by atoms with Crippen LogP contribution in [0, 0.1) is 11.6 Å². The Labute approximate surface area is 189 Å². The Bertz CT molecular complexity index is 796. The van der Waals surface area contributed by atoms with Crippen molar-refractivity contribution in [3.63, 3.8) is 0 Å². The molecule has 4 nitrogen and oxygen atoms in total. The van der Waals surface area contributed by atoms with E-state index in [2.05, 4.69) is 18.7 Å². The van der Waals surface area contributed by atoms with Crippen LogP contribution in [-0.2, 0) is 6.42 Å². The van der Waals surface area contributed by atoms with Crippen molar-refractivity contribution >= 4 is 18.2 Å². The zero-order valence-electron chi connectivity index (χ0n) is 18.2. The summed E-state index contributed by atoms with van der Waals surface area (Å²) in [5, 5.41) is 10.3. The highest BCUT2D eigenvalue weighted by Crippen LogP contribution is 2.22. The van der Waals surface area contributed by atoms with Crippen LogP contribution in [0.4, 0.5) is 8.78 Å². The molecular weight excluding hydrogens is 424 g/mol.